The molecule has 0 aromatic heterocycles. The maximum atomic E-state index is 12.4. The van der Waals surface area contributed by atoms with Gasteiger partial charge in [-0.3, -0.25) is 4.79 Å². The van der Waals surface area contributed by atoms with Crippen LogP contribution in [0.4, 0.5) is 0 Å². The van der Waals surface area contributed by atoms with Crippen molar-refractivity contribution in [3.8, 4) is 29.1 Å². The van der Waals surface area contributed by atoms with Gasteiger partial charge in [-0.25, -0.2) is 0 Å². The minimum atomic E-state index is -0.522. The first-order valence-electron chi connectivity index (χ1n) is 8.59. The van der Waals surface area contributed by atoms with E-state index in [0.29, 0.717) is 23.7 Å². The second-order valence-corrected chi connectivity index (χ2v) is 5.69. The van der Waals surface area contributed by atoms with E-state index in [9.17, 15) is 15.2 Å². The fourth-order valence-corrected chi connectivity index (χ4v) is 2.48. The van der Waals surface area contributed by atoms with Crippen LogP contribution in [0.1, 0.15) is 18.1 Å². The van der Waals surface area contributed by atoms with Crippen molar-refractivity contribution in [2.75, 3.05) is 20.8 Å². The highest BCUT2D eigenvalue weighted by atomic mass is 16.5. The molecule has 0 spiro atoms. The Kier molecular flexibility index (Phi) is 7.28. The fourth-order valence-electron chi connectivity index (χ4n) is 2.48. The number of hydrogen-bond acceptors (Lipinski definition) is 6. The maximum Gasteiger partial charge on any atom is 0.262 e. The number of rotatable bonds is 8. The number of carbonyl (C=O) groups is 1. The van der Waals surface area contributed by atoms with E-state index in [1.165, 1.54) is 19.3 Å². The summed E-state index contributed by atoms with van der Waals surface area (Å²) in [5.41, 5.74) is 1.24. The van der Waals surface area contributed by atoms with E-state index in [1.54, 1.807) is 44.4 Å². The van der Waals surface area contributed by atoms with Gasteiger partial charge in [0.15, 0.2) is 11.5 Å². The zero-order valence-corrected chi connectivity index (χ0v) is 16.0. The standard InChI is InChI=1S/C21H22N2O5/c1-4-28-20-10-14(5-8-18(20)24)9-16(12-22)21(25)23-13-15-6-7-17(26-2)11-19(15)27-3/h5-11,24H,4,13H2,1-3H3,(H,23,25)/b16-9+. The SMILES string of the molecule is CCOc1cc(/C=C(\C#N)C(=O)NCc2ccc(OC)cc2OC)ccc1O. The number of nitrogens with zero attached hydrogens (tertiary/aromatic N) is 1. The molecule has 0 heterocycles. The van der Waals surface area contributed by atoms with Crippen LogP contribution in [0.15, 0.2) is 42.0 Å². The lowest BCUT2D eigenvalue weighted by atomic mass is 10.1. The summed E-state index contributed by atoms with van der Waals surface area (Å²) in [6.07, 6.45) is 1.43. The normalized spacial score (nSPS) is 10.7. The van der Waals surface area contributed by atoms with E-state index < -0.39 is 5.91 Å². The molecule has 0 unspecified atom stereocenters. The van der Waals surface area contributed by atoms with Gasteiger partial charge < -0.3 is 24.6 Å². The Morgan fingerprint density at radius 1 is 1.18 bits per heavy atom. The molecule has 0 saturated heterocycles. The topological polar surface area (TPSA) is 101 Å². The Labute approximate surface area is 163 Å². The van der Waals surface area contributed by atoms with E-state index >= 15 is 0 Å². The number of phenols is 1. The number of amides is 1. The summed E-state index contributed by atoms with van der Waals surface area (Å²) >= 11 is 0. The monoisotopic (exact) mass is 382 g/mol. The van der Waals surface area contributed by atoms with Crippen LogP contribution in [0.5, 0.6) is 23.0 Å². The molecule has 0 atom stereocenters. The van der Waals surface area contributed by atoms with Gasteiger partial charge >= 0.3 is 0 Å². The van der Waals surface area contributed by atoms with Gasteiger partial charge in [0, 0.05) is 18.2 Å². The van der Waals surface area contributed by atoms with E-state index in [1.807, 2.05) is 6.07 Å². The van der Waals surface area contributed by atoms with Crippen LogP contribution in [-0.4, -0.2) is 31.8 Å². The van der Waals surface area contributed by atoms with Crippen LogP contribution in [-0.2, 0) is 11.3 Å². The molecule has 2 aromatic rings. The van der Waals surface area contributed by atoms with E-state index in [-0.39, 0.29) is 23.6 Å². The second kappa shape index (κ2) is 9.88. The summed E-state index contributed by atoms with van der Waals surface area (Å²) in [7, 11) is 3.09. The van der Waals surface area contributed by atoms with Gasteiger partial charge in [-0.1, -0.05) is 6.07 Å². The molecule has 7 nitrogen and oxygen atoms in total. The number of hydrogen-bond donors (Lipinski definition) is 2. The molecule has 0 bridgehead atoms. The first-order chi connectivity index (χ1) is 13.5. The second-order valence-electron chi connectivity index (χ2n) is 5.69. The van der Waals surface area contributed by atoms with Crippen LogP contribution in [0.25, 0.3) is 6.08 Å². The van der Waals surface area contributed by atoms with E-state index in [0.717, 1.165) is 5.56 Å². The Hall–Kier alpha value is -3.66. The summed E-state index contributed by atoms with van der Waals surface area (Å²) in [4.78, 5) is 12.4. The largest absolute Gasteiger partial charge is 0.504 e. The third-order valence-electron chi connectivity index (χ3n) is 3.89. The summed E-state index contributed by atoms with van der Waals surface area (Å²) < 4.78 is 15.8. The van der Waals surface area contributed by atoms with Gasteiger partial charge in [0.05, 0.1) is 20.8 Å². The Morgan fingerprint density at radius 2 is 1.96 bits per heavy atom. The highest BCUT2D eigenvalue weighted by molar-refractivity contribution is 6.01. The minimum absolute atomic E-state index is 0.00596. The summed E-state index contributed by atoms with van der Waals surface area (Å²) in [5.74, 6) is 0.973. The Morgan fingerprint density at radius 3 is 2.61 bits per heavy atom. The van der Waals surface area contributed by atoms with Crippen LogP contribution < -0.4 is 19.5 Å². The Bertz CT molecular complexity index is 915. The van der Waals surface area contributed by atoms with Crippen LogP contribution in [0.3, 0.4) is 0 Å². The van der Waals surface area contributed by atoms with Crippen molar-refractivity contribution in [3.63, 3.8) is 0 Å². The van der Waals surface area contributed by atoms with Gasteiger partial charge in [0.1, 0.15) is 23.1 Å². The molecule has 7 heteroatoms. The van der Waals surface area contributed by atoms with Gasteiger partial charge in [-0.05, 0) is 42.8 Å². The van der Waals surface area contributed by atoms with Crippen molar-refractivity contribution in [2.45, 2.75) is 13.5 Å². The third kappa shape index (κ3) is 5.17. The number of aromatic hydroxyl groups is 1. The number of phenolic OH excluding ortho intramolecular Hbond substituents is 1. The van der Waals surface area contributed by atoms with Crippen molar-refractivity contribution < 1.29 is 24.1 Å². The molecule has 0 saturated carbocycles. The highest BCUT2D eigenvalue weighted by Gasteiger charge is 2.12. The molecule has 28 heavy (non-hydrogen) atoms. The summed E-state index contributed by atoms with van der Waals surface area (Å²) in [5, 5.41) is 21.8. The maximum absolute atomic E-state index is 12.4. The molecule has 0 aliphatic heterocycles. The minimum Gasteiger partial charge on any atom is -0.504 e. The molecular formula is C21H22N2O5. The number of ether oxygens (including phenoxy) is 3. The van der Waals surface area contributed by atoms with Gasteiger partial charge in [0.25, 0.3) is 5.91 Å². The molecule has 2 rings (SSSR count). The summed E-state index contributed by atoms with van der Waals surface area (Å²) in [6, 6.07) is 11.8. The molecule has 2 aromatic carbocycles. The smallest absolute Gasteiger partial charge is 0.262 e. The molecule has 0 aliphatic carbocycles. The molecular weight excluding hydrogens is 360 g/mol. The van der Waals surface area contributed by atoms with Crippen molar-refractivity contribution in [1.82, 2.24) is 5.32 Å². The molecule has 2 N–H and O–H groups in total. The first kappa shape index (κ1) is 20.6. The third-order valence-corrected chi connectivity index (χ3v) is 3.89. The lowest BCUT2D eigenvalue weighted by Crippen LogP contribution is -2.24. The average molecular weight is 382 g/mol. The number of benzene rings is 2. The van der Waals surface area contributed by atoms with Gasteiger partial charge in [0.2, 0.25) is 0 Å². The molecule has 1 amide bonds. The summed E-state index contributed by atoms with van der Waals surface area (Å²) in [6.45, 7) is 2.37. The van der Waals surface area contributed by atoms with Gasteiger partial charge in [-0.15, -0.1) is 0 Å². The number of nitriles is 1. The molecule has 0 radical (unpaired) electrons. The molecule has 0 aliphatic rings. The van der Waals surface area contributed by atoms with E-state index in [4.69, 9.17) is 14.2 Å². The van der Waals surface area contributed by atoms with Crippen LogP contribution in [0.2, 0.25) is 0 Å². The molecule has 0 fully saturated rings. The van der Waals surface area contributed by atoms with Crippen molar-refractivity contribution in [3.05, 3.63) is 53.1 Å². The van der Waals surface area contributed by atoms with Crippen LogP contribution >= 0.6 is 0 Å². The van der Waals surface area contributed by atoms with Gasteiger partial charge in [-0.2, -0.15) is 5.26 Å². The predicted octanol–water partition coefficient (Wildman–Crippen LogP) is 3.03. The van der Waals surface area contributed by atoms with Crippen LogP contribution in [0, 0.1) is 11.3 Å². The molecule has 146 valence electrons. The number of carbonyl (C=O) groups excluding carboxylic acids is 1. The lowest BCUT2D eigenvalue weighted by Gasteiger charge is -2.11. The van der Waals surface area contributed by atoms with E-state index in [2.05, 4.69) is 5.32 Å². The zero-order valence-electron chi connectivity index (χ0n) is 16.0. The first-order valence-corrected chi connectivity index (χ1v) is 8.59. The number of nitrogens with one attached hydrogen (secondary N) is 1. The fraction of sp³-hybridized carbons (Fsp3) is 0.238. The zero-order chi connectivity index (χ0) is 20.5. The average Bonchev–Trinajstić information content (AvgIpc) is 2.72. The Balaban J connectivity index is 2.15. The quantitative estimate of drug-likeness (QED) is 0.538. The highest BCUT2D eigenvalue weighted by Crippen LogP contribution is 2.28. The van der Waals surface area contributed by atoms with Crippen molar-refractivity contribution in [1.29, 1.82) is 5.26 Å². The van der Waals surface area contributed by atoms with Crippen molar-refractivity contribution in [2.24, 2.45) is 0 Å². The number of methoxy groups -OCH3 is 2. The predicted molar refractivity (Wildman–Crippen MR) is 104 cm³/mol. The lowest BCUT2D eigenvalue weighted by molar-refractivity contribution is -0.117. The van der Waals surface area contributed by atoms with Crippen molar-refractivity contribution >= 4 is 12.0 Å².